The summed E-state index contributed by atoms with van der Waals surface area (Å²) in [6.07, 6.45) is 2.18. The van der Waals surface area contributed by atoms with Crippen LogP contribution in [0.4, 0.5) is 26.2 Å². The first-order valence-corrected chi connectivity index (χ1v) is 8.10. The molecule has 0 spiro atoms. The van der Waals surface area contributed by atoms with Crippen LogP contribution in [0, 0.1) is 11.6 Å². The van der Waals surface area contributed by atoms with Crippen LogP contribution in [-0.4, -0.2) is 16.0 Å². The molecule has 0 radical (unpaired) electrons. The Labute approximate surface area is 144 Å². The molecule has 0 atom stereocenters. The minimum atomic E-state index is -0.670. The molecule has 0 saturated heterocycles. The van der Waals surface area contributed by atoms with Crippen LogP contribution in [-0.2, 0) is 0 Å². The van der Waals surface area contributed by atoms with Gasteiger partial charge in [0, 0.05) is 23.7 Å². The molecule has 0 bridgehead atoms. The monoisotopic (exact) mass is 338 g/mol. The minimum absolute atomic E-state index is 0.163. The molecule has 126 valence electrons. The lowest BCUT2D eigenvalue weighted by Crippen LogP contribution is -2.08. The lowest BCUT2D eigenvalue weighted by molar-refractivity contribution is 0.586. The highest BCUT2D eigenvalue weighted by atomic mass is 19.1. The number of nitrogens with zero attached hydrogens (tertiary/aromatic N) is 2. The Morgan fingerprint density at radius 3 is 2.44 bits per heavy atom. The van der Waals surface area contributed by atoms with Crippen molar-refractivity contribution in [2.24, 2.45) is 0 Å². The predicted octanol–water partition coefficient (Wildman–Crippen LogP) is 4.74. The summed E-state index contributed by atoms with van der Waals surface area (Å²) in [4.78, 5) is 8.95. The molecule has 1 heterocycles. The summed E-state index contributed by atoms with van der Waals surface area (Å²) in [6, 6.07) is 15.2. The normalized spacial score (nSPS) is 13.5. The van der Waals surface area contributed by atoms with E-state index in [-0.39, 0.29) is 5.69 Å². The average Bonchev–Trinajstić information content (AvgIpc) is 3.42. The van der Waals surface area contributed by atoms with Crippen LogP contribution in [0.1, 0.15) is 12.8 Å². The molecule has 1 aromatic heterocycles. The summed E-state index contributed by atoms with van der Waals surface area (Å²) in [5.74, 6) is -0.347. The van der Waals surface area contributed by atoms with Gasteiger partial charge in [0.05, 0.1) is 11.4 Å². The van der Waals surface area contributed by atoms with Crippen molar-refractivity contribution in [3.63, 3.8) is 0 Å². The molecule has 1 aliphatic rings. The van der Waals surface area contributed by atoms with E-state index in [1.807, 2.05) is 30.3 Å². The van der Waals surface area contributed by atoms with Gasteiger partial charge in [0.2, 0.25) is 5.95 Å². The molecular formula is C19H16F2N4. The summed E-state index contributed by atoms with van der Waals surface area (Å²) in [6.45, 7) is 0. The van der Waals surface area contributed by atoms with E-state index >= 15 is 0 Å². The molecule has 2 N–H and O–H groups in total. The number of halogens is 2. The molecule has 1 saturated carbocycles. The first-order chi connectivity index (χ1) is 12.2. The van der Waals surface area contributed by atoms with Gasteiger partial charge >= 0.3 is 0 Å². The highest BCUT2D eigenvalue weighted by Crippen LogP contribution is 2.28. The maximum Gasteiger partial charge on any atom is 0.225 e. The van der Waals surface area contributed by atoms with E-state index in [1.165, 1.54) is 12.1 Å². The first kappa shape index (κ1) is 15.5. The van der Waals surface area contributed by atoms with Crippen molar-refractivity contribution in [1.82, 2.24) is 9.97 Å². The lowest BCUT2D eigenvalue weighted by atomic mass is 10.1. The zero-order valence-electron chi connectivity index (χ0n) is 13.3. The largest absolute Gasteiger partial charge is 0.351 e. The molecule has 25 heavy (non-hydrogen) atoms. The Morgan fingerprint density at radius 1 is 0.920 bits per heavy atom. The Morgan fingerprint density at radius 2 is 1.72 bits per heavy atom. The zero-order chi connectivity index (χ0) is 17.2. The number of rotatable bonds is 5. The van der Waals surface area contributed by atoms with Gasteiger partial charge < -0.3 is 10.6 Å². The highest BCUT2D eigenvalue weighted by molar-refractivity contribution is 5.67. The van der Waals surface area contributed by atoms with Crippen molar-refractivity contribution >= 4 is 17.5 Å². The third-order valence-electron chi connectivity index (χ3n) is 3.90. The second-order valence-electron chi connectivity index (χ2n) is 6.00. The van der Waals surface area contributed by atoms with Crippen LogP contribution in [0.2, 0.25) is 0 Å². The molecule has 0 aliphatic heterocycles. The van der Waals surface area contributed by atoms with Crippen LogP contribution in [0.5, 0.6) is 0 Å². The van der Waals surface area contributed by atoms with E-state index < -0.39 is 11.6 Å². The van der Waals surface area contributed by atoms with E-state index in [0.29, 0.717) is 17.8 Å². The average molecular weight is 338 g/mol. The van der Waals surface area contributed by atoms with E-state index in [4.69, 9.17) is 0 Å². The van der Waals surface area contributed by atoms with Gasteiger partial charge in [0.15, 0.2) is 0 Å². The molecule has 2 aromatic carbocycles. The molecule has 6 heteroatoms. The summed E-state index contributed by atoms with van der Waals surface area (Å²) in [5, 5.41) is 6.17. The molecule has 1 aliphatic carbocycles. The third kappa shape index (κ3) is 3.74. The van der Waals surface area contributed by atoms with E-state index in [1.54, 1.807) is 6.07 Å². The van der Waals surface area contributed by atoms with Gasteiger partial charge in [0.25, 0.3) is 0 Å². The Hall–Kier alpha value is -3.02. The first-order valence-electron chi connectivity index (χ1n) is 8.10. The number of nitrogens with one attached hydrogen (secondary N) is 2. The Bertz CT molecular complexity index is 895. The standard InChI is InChI=1S/C19H16F2N4/c20-13-6-9-16(15(21)10-13)23-18-11-17(12-4-2-1-3-5-12)24-19(25-18)22-14-7-8-14/h1-6,9-11,14H,7-8H2,(H2,22,23,24,25). The molecule has 0 amide bonds. The van der Waals surface area contributed by atoms with Gasteiger partial charge in [-0.1, -0.05) is 30.3 Å². The van der Waals surface area contributed by atoms with Crippen molar-refractivity contribution in [3.05, 3.63) is 66.2 Å². The van der Waals surface area contributed by atoms with Crippen molar-refractivity contribution in [1.29, 1.82) is 0 Å². The SMILES string of the molecule is Fc1ccc(Nc2cc(-c3ccccc3)nc(NC3CC3)n2)c(F)c1. The smallest absolute Gasteiger partial charge is 0.225 e. The van der Waals surface area contributed by atoms with Gasteiger partial charge in [-0.15, -0.1) is 0 Å². The number of hydrogen-bond donors (Lipinski definition) is 2. The van der Waals surface area contributed by atoms with Crippen LogP contribution in [0.15, 0.2) is 54.6 Å². The number of aromatic nitrogens is 2. The fourth-order valence-electron chi connectivity index (χ4n) is 2.47. The maximum absolute atomic E-state index is 13.9. The molecule has 1 fully saturated rings. The van der Waals surface area contributed by atoms with Crippen LogP contribution in [0.25, 0.3) is 11.3 Å². The summed E-state index contributed by atoms with van der Waals surface area (Å²) >= 11 is 0. The Balaban J connectivity index is 1.70. The van der Waals surface area contributed by atoms with Gasteiger partial charge in [0.1, 0.15) is 17.5 Å². The van der Waals surface area contributed by atoms with Crippen LogP contribution in [0.3, 0.4) is 0 Å². The Kier molecular flexibility index (Phi) is 4.01. The minimum Gasteiger partial charge on any atom is -0.351 e. The summed E-state index contributed by atoms with van der Waals surface area (Å²) < 4.78 is 27.0. The molecular weight excluding hydrogens is 322 g/mol. The quantitative estimate of drug-likeness (QED) is 0.705. The fraction of sp³-hybridized carbons (Fsp3) is 0.158. The highest BCUT2D eigenvalue weighted by Gasteiger charge is 2.22. The van der Waals surface area contributed by atoms with Gasteiger partial charge in [-0.05, 0) is 25.0 Å². The van der Waals surface area contributed by atoms with E-state index in [9.17, 15) is 8.78 Å². The fourth-order valence-corrected chi connectivity index (χ4v) is 2.47. The number of anilines is 3. The molecule has 3 aromatic rings. The predicted molar refractivity (Wildman–Crippen MR) is 93.8 cm³/mol. The van der Waals surface area contributed by atoms with Gasteiger partial charge in [-0.2, -0.15) is 4.98 Å². The number of benzene rings is 2. The molecule has 4 rings (SSSR count). The lowest BCUT2D eigenvalue weighted by Gasteiger charge is -2.11. The maximum atomic E-state index is 13.9. The third-order valence-corrected chi connectivity index (χ3v) is 3.90. The van der Waals surface area contributed by atoms with Crippen molar-refractivity contribution in [3.8, 4) is 11.3 Å². The van der Waals surface area contributed by atoms with Gasteiger partial charge in [-0.3, -0.25) is 0 Å². The van der Waals surface area contributed by atoms with Crippen LogP contribution >= 0.6 is 0 Å². The van der Waals surface area contributed by atoms with Crippen molar-refractivity contribution in [2.45, 2.75) is 18.9 Å². The summed E-state index contributed by atoms with van der Waals surface area (Å²) in [7, 11) is 0. The van der Waals surface area contributed by atoms with E-state index in [2.05, 4.69) is 20.6 Å². The summed E-state index contributed by atoms with van der Waals surface area (Å²) in [5.41, 5.74) is 1.83. The van der Waals surface area contributed by atoms with Gasteiger partial charge in [-0.25, -0.2) is 13.8 Å². The second kappa shape index (κ2) is 6.47. The second-order valence-corrected chi connectivity index (χ2v) is 6.00. The number of hydrogen-bond acceptors (Lipinski definition) is 4. The zero-order valence-corrected chi connectivity index (χ0v) is 13.3. The molecule has 0 unspecified atom stereocenters. The molecule has 4 nitrogen and oxygen atoms in total. The van der Waals surface area contributed by atoms with Crippen molar-refractivity contribution in [2.75, 3.05) is 10.6 Å². The van der Waals surface area contributed by atoms with Crippen LogP contribution < -0.4 is 10.6 Å². The topological polar surface area (TPSA) is 49.8 Å². The van der Waals surface area contributed by atoms with E-state index in [0.717, 1.165) is 30.2 Å². The van der Waals surface area contributed by atoms with Crippen molar-refractivity contribution < 1.29 is 8.78 Å².